The van der Waals surface area contributed by atoms with Crippen LogP contribution in [0.2, 0.25) is 0 Å². The molecule has 0 aromatic heterocycles. The van der Waals surface area contributed by atoms with Gasteiger partial charge in [0, 0.05) is 18.6 Å². The van der Waals surface area contributed by atoms with Crippen LogP contribution in [0, 0.1) is 6.92 Å². The molecule has 1 aromatic carbocycles. The molecule has 0 radical (unpaired) electrons. The Balaban J connectivity index is 1.87. The van der Waals surface area contributed by atoms with Gasteiger partial charge in [-0.25, -0.2) is 4.79 Å². The molecule has 2 N–H and O–H groups in total. The van der Waals surface area contributed by atoms with E-state index in [1.165, 1.54) is 0 Å². The standard InChI is InChI=1S/C16H18N2O4/c1-10-3-4-12-11(7-10)16(13(19)17-14(20)18-16)8-15(22-12)5-2-6-21-9-15/h3-4,7H,2,5-6,8-9H2,1H3,(H2,17,18,19,20). The lowest BCUT2D eigenvalue weighted by Crippen LogP contribution is -2.58. The average molecular weight is 302 g/mol. The summed E-state index contributed by atoms with van der Waals surface area (Å²) in [7, 11) is 0. The second-order valence-corrected chi connectivity index (χ2v) is 6.43. The van der Waals surface area contributed by atoms with Crippen LogP contribution >= 0.6 is 0 Å². The number of urea groups is 1. The fourth-order valence-corrected chi connectivity index (χ4v) is 3.77. The summed E-state index contributed by atoms with van der Waals surface area (Å²) < 4.78 is 11.8. The molecular formula is C16H18N2O4. The number of ether oxygens (including phenoxy) is 2. The van der Waals surface area contributed by atoms with Crippen molar-refractivity contribution in [2.75, 3.05) is 13.2 Å². The number of benzene rings is 1. The fraction of sp³-hybridized carbons (Fsp3) is 0.500. The lowest BCUT2D eigenvalue weighted by atomic mass is 9.74. The molecular weight excluding hydrogens is 284 g/mol. The van der Waals surface area contributed by atoms with Gasteiger partial charge in [-0.3, -0.25) is 10.1 Å². The van der Waals surface area contributed by atoms with Gasteiger partial charge in [0.1, 0.15) is 11.4 Å². The van der Waals surface area contributed by atoms with Crippen LogP contribution in [-0.4, -0.2) is 30.8 Å². The third kappa shape index (κ3) is 1.83. The molecule has 2 saturated heterocycles. The molecule has 0 aliphatic carbocycles. The number of carbonyl (C=O) groups excluding carboxylic acids is 2. The van der Waals surface area contributed by atoms with E-state index in [2.05, 4.69) is 10.6 Å². The summed E-state index contributed by atoms with van der Waals surface area (Å²) in [6, 6.07) is 5.28. The van der Waals surface area contributed by atoms with Crippen molar-refractivity contribution in [2.24, 2.45) is 0 Å². The highest BCUT2D eigenvalue weighted by Crippen LogP contribution is 2.47. The molecule has 22 heavy (non-hydrogen) atoms. The molecule has 4 rings (SSSR count). The Morgan fingerprint density at radius 2 is 2.14 bits per heavy atom. The predicted molar refractivity (Wildman–Crippen MR) is 77.6 cm³/mol. The second-order valence-electron chi connectivity index (χ2n) is 6.43. The van der Waals surface area contributed by atoms with Gasteiger partial charge in [0.05, 0.1) is 6.61 Å². The summed E-state index contributed by atoms with van der Waals surface area (Å²) in [6.45, 7) is 3.10. The number of hydrogen-bond donors (Lipinski definition) is 2. The summed E-state index contributed by atoms with van der Waals surface area (Å²) in [4.78, 5) is 24.3. The number of rotatable bonds is 0. The highest BCUT2D eigenvalue weighted by molar-refractivity contribution is 6.08. The molecule has 2 unspecified atom stereocenters. The van der Waals surface area contributed by atoms with E-state index in [1.54, 1.807) is 0 Å². The Morgan fingerprint density at radius 1 is 1.27 bits per heavy atom. The van der Waals surface area contributed by atoms with Gasteiger partial charge in [-0.05, 0) is 31.9 Å². The highest BCUT2D eigenvalue weighted by Gasteiger charge is 2.58. The van der Waals surface area contributed by atoms with Gasteiger partial charge in [0.15, 0.2) is 5.54 Å². The van der Waals surface area contributed by atoms with Crippen LogP contribution in [0.25, 0.3) is 0 Å². The number of nitrogens with one attached hydrogen (secondary N) is 2. The third-order valence-electron chi connectivity index (χ3n) is 4.74. The van der Waals surface area contributed by atoms with E-state index in [1.807, 2.05) is 25.1 Å². The first kappa shape index (κ1) is 13.6. The predicted octanol–water partition coefficient (Wildman–Crippen LogP) is 1.36. The summed E-state index contributed by atoms with van der Waals surface area (Å²) in [5.74, 6) is 0.345. The molecule has 0 bridgehead atoms. The number of hydrogen-bond acceptors (Lipinski definition) is 4. The van der Waals surface area contributed by atoms with Gasteiger partial charge in [0.2, 0.25) is 0 Å². The van der Waals surface area contributed by atoms with Crippen LogP contribution < -0.4 is 15.4 Å². The second kappa shape index (κ2) is 4.46. The van der Waals surface area contributed by atoms with Gasteiger partial charge in [-0.15, -0.1) is 0 Å². The number of carbonyl (C=O) groups is 2. The van der Waals surface area contributed by atoms with Crippen molar-refractivity contribution in [1.82, 2.24) is 10.6 Å². The molecule has 2 atom stereocenters. The molecule has 116 valence electrons. The summed E-state index contributed by atoms with van der Waals surface area (Å²) >= 11 is 0. The smallest absolute Gasteiger partial charge is 0.322 e. The minimum atomic E-state index is -1.06. The monoisotopic (exact) mass is 302 g/mol. The van der Waals surface area contributed by atoms with E-state index < -0.39 is 17.2 Å². The van der Waals surface area contributed by atoms with Crippen molar-refractivity contribution in [2.45, 2.75) is 37.3 Å². The molecule has 0 saturated carbocycles. The van der Waals surface area contributed by atoms with Crippen LogP contribution in [0.3, 0.4) is 0 Å². The molecule has 2 fully saturated rings. The first-order valence-electron chi connectivity index (χ1n) is 7.55. The van der Waals surface area contributed by atoms with Gasteiger partial charge in [-0.1, -0.05) is 11.6 Å². The van der Waals surface area contributed by atoms with Crippen LogP contribution in [-0.2, 0) is 15.1 Å². The van der Waals surface area contributed by atoms with Crippen molar-refractivity contribution in [3.8, 4) is 5.75 Å². The molecule has 6 nitrogen and oxygen atoms in total. The Morgan fingerprint density at radius 3 is 2.82 bits per heavy atom. The Kier molecular flexibility index (Phi) is 2.75. The third-order valence-corrected chi connectivity index (χ3v) is 4.74. The van der Waals surface area contributed by atoms with Gasteiger partial charge in [0.25, 0.3) is 5.91 Å². The number of imide groups is 1. The Bertz CT molecular complexity index is 666. The Labute approximate surface area is 128 Å². The molecule has 3 amide bonds. The Hall–Kier alpha value is -2.08. The van der Waals surface area contributed by atoms with Crippen molar-refractivity contribution in [3.05, 3.63) is 29.3 Å². The largest absolute Gasteiger partial charge is 0.484 e. The SMILES string of the molecule is Cc1ccc2c(c1)C1(CC3(CCCOC3)O2)NC(=O)NC1=O. The minimum Gasteiger partial charge on any atom is -0.484 e. The average Bonchev–Trinajstić information content (AvgIpc) is 2.75. The number of amides is 3. The van der Waals surface area contributed by atoms with Crippen LogP contribution in [0.4, 0.5) is 4.79 Å². The number of aryl methyl sites for hydroxylation is 1. The maximum atomic E-state index is 12.6. The van der Waals surface area contributed by atoms with Crippen molar-refractivity contribution < 1.29 is 19.1 Å². The van der Waals surface area contributed by atoms with E-state index in [-0.39, 0.29) is 5.91 Å². The van der Waals surface area contributed by atoms with Gasteiger partial charge >= 0.3 is 6.03 Å². The van der Waals surface area contributed by atoms with E-state index in [0.717, 1.165) is 24.0 Å². The minimum absolute atomic E-state index is 0.308. The maximum absolute atomic E-state index is 12.6. The summed E-state index contributed by atoms with van der Waals surface area (Å²) in [5, 5.41) is 5.21. The van der Waals surface area contributed by atoms with Crippen molar-refractivity contribution in [3.63, 3.8) is 0 Å². The molecule has 1 aromatic rings. The summed E-state index contributed by atoms with van der Waals surface area (Å²) in [6.07, 6.45) is 2.09. The molecule has 3 heterocycles. The normalized spacial score (nSPS) is 33.3. The number of fused-ring (bicyclic) bond motifs is 2. The van der Waals surface area contributed by atoms with Crippen molar-refractivity contribution >= 4 is 11.9 Å². The zero-order valence-electron chi connectivity index (χ0n) is 12.4. The molecule has 6 heteroatoms. The van der Waals surface area contributed by atoms with Crippen molar-refractivity contribution in [1.29, 1.82) is 0 Å². The highest BCUT2D eigenvalue weighted by atomic mass is 16.5. The fourth-order valence-electron chi connectivity index (χ4n) is 3.77. The van der Waals surface area contributed by atoms with Gasteiger partial charge in [-0.2, -0.15) is 0 Å². The summed E-state index contributed by atoms with van der Waals surface area (Å²) in [5.41, 5.74) is 0.130. The topological polar surface area (TPSA) is 76.7 Å². The first-order chi connectivity index (χ1) is 10.5. The van der Waals surface area contributed by atoms with Crippen LogP contribution in [0.15, 0.2) is 18.2 Å². The van der Waals surface area contributed by atoms with E-state index in [0.29, 0.717) is 25.4 Å². The van der Waals surface area contributed by atoms with Crippen LogP contribution in [0.5, 0.6) is 5.75 Å². The zero-order valence-corrected chi connectivity index (χ0v) is 12.4. The quantitative estimate of drug-likeness (QED) is 0.710. The first-order valence-corrected chi connectivity index (χ1v) is 7.55. The molecule has 3 aliphatic rings. The van der Waals surface area contributed by atoms with E-state index in [4.69, 9.17) is 9.47 Å². The van der Waals surface area contributed by atoms with E-state index >= 15 is 0 Å². The molecule has 3 aliphatic heterocycles. The van der Waals surface area contributed by atoms with E-state index in [9.17, 15) is 9.59 Å². The van der Waals surface area contributed by atoms with Crippen LogP contribution in [0.1, 0.15) is 30.4 Å². The zero-order chi connectivity index (χ0) is 15.4. The lowest BCUT2D eigenvalue weighted by Gasteiger charge is -2.47. The molecule has 2 spiro atoms. The van der Waals surface area contributed by atoms with Gasteiger partial charge < -0.3 is 14.8 Å². The lowest BCUT2D eigenvalue weighted by molar-refractivity contribution is -0.134. The maximum Gasteiger partial charge on any atom is 0.322 e.